The number of piperidine rings is 1. The summed E-state index contributed by atoms with van der Waals surface area (Å²) in [5, 5.41) is 12.3. The number of nitrogens with one attached hydrogen (secondary N) is 1. The van der Waals surface area contributed by atoms with E-state index in [4.69, 9.17) is 0 Å². The van der Waals surface area contributed by atoms with Gasteiger partial charge in [0.1, 0.15) is 5.75 Å². The molecule has 0 radical (unpaired) electrons. The molecule has 0 atom stereocenters. The predicted octanol–water partition coefficient (Wildman–Crippen LogP) is 3.88. The summed E-state index contributed by atoms with van der Waals surface area (Å²) >= 11 is 0. The Kier molecular flexibility index (Phi) is 4.81. The number of aromatic hydroxyl groups is 1. The van der Waals surface area contributed by atoms with Crippen LogP contribution in [0, 0.1) is 5.92 Å². The van der Waals surface area contributed by atoms with Crippen LogP contribution in [0.4, 0.5) is 10.5 Å². The zero-order valence-electron chi connectivity index (χ0n) is 13.1. The number of hydrogen-bond acceptors (Lipinski definition) is 2. The summed E-state index contributed by atoms with van der Waals surface area (Å²) in [6.45, 7) is 1.56. The highest BCUT2D eigenvalue weighted by atomic mass is 16.3. The summed E-state index contributed by atoms with van der Waals surface area (Å²) in [4.78, 5) is 14.1. The van der Waals surface area contributed by atoms with E-state index >= 15 is 0 Å². The quantitative estimate of drug-likeness (QED) is 0.904. The Labute approximate surface area is 136 Å². The molecule has 2 aromatic carbocycles. The van der Waals surface area contributed by atoms with Crippen molar-refractivity contribution in [3.63, 3.8) is 0 Å². The number of nitrogens with zero attached hydrogens (tertiary/aromatic N) is 1. The minimum atomic E-state index is -0.0891. The summed E-state index contributed by atoms with van der Waals surface area (Å²) in [6, 6.07) is 17.1. The van der Waals surface area contributed by atoms with Crippen LogP contribution in [0.2, 0.25) is 0 Å². The average Bonchev–Trinajstić information content (AvgIpc) is 2.56. The molecule has 3 rings (SSSR count). The van der Waals surface area contributed by atoms with Crippen LogP contribution in [-0.2, 0) is 6.42 Å². The Bertz CT molecular complexity index is 649. The number of carbonyl (C=O) groups excluding carboxylic acids is 1. The third-order valence-electron chi connectivity index (χ3n) is 4.37. The van der Waals surface area contributed by atoms with Gasteiger partial charge in [-0.05, 0) is 42.9 Å². The van der Waals surface area contributed by atoms with Crippen molar-refractivity contribution in [1.82, 2.24) is 4.90 Å². The van der Waals surface area contributed by atoms with Gasteiger partial charge in [0.2, 0.25) is 0 Å². The zero-order valence-corrected chi connectivity index (χ0v) is 13.1. The lowest BCUT2D eigenvalue weighted by molar-refractivity contribution is 0.182. The normalized spacial score (nSPS) is 15.4. The minimum Gasteiger partial charge on any atom is -0.508 e. The van der Waals surface area contributed by atoms with E-state index in [1.165, 1.54) is 5.56 Å². The lowest BCUT2D eigenvalue weighted by Gasteiger charge is -2.32. The Balaban J connectivity index is 1.49. The van der Waals surface area contributed by atoms with Gasteiger partial charge in [0.25, 0.3) is 0 Å². The van der Waals surface area contributed by atoms with Crippen LogP contribution in [0.5, 0.6) is 5.75 Å². The fourth-order valence-electron chi connectivity index (χ4n) is 3.07. The van der Waals surface area contributed by atoms with E-state index in [0.29, 0.717) is 11.6 Å². The number of hydrogen-bond donors (Lipinski definition) is 2. The SMILES string of the molecule is O=C(Nc1cccc(O)c1)N1CCC(Cc2ccccc2)CC1. The number of phenolic OH excluding ortho intramolecular Hbond substituents is 1. The van der Waals surface area contributed by atoms with Crippen molar-refractivity contribution in [2.75, 3.05) is 18.4 Å². The maximum atomic E-state index is 12.3. The van der Waals surface area contributed by atoms with E-state index < -0.39 is 0 Å². The van der Waals surface area contributed by atoms with Gasteiger partial charge in [-0.2, -0.15) is 0 Å². The molecule has 1 aliphatic heterocycles. The van der Waals surface area contributed by atoms with Crippen LogP contribution in [0.3, 0.4) is 0 Å². The molecular formula is C19H22N2O2. The number of amides is 2. The smallest absolute Gasteiger partial charge is 0.321 e. The van der Waals surface area contributed by atoms with Crippen LogP contribution in [0.1, 0.15) is 18.4 Å². The number of carbonyl (C=O) groups is 1. The second-order valence-corrected chi connectivity index (χ2v) is 6.10. The van der Waals surface area contributed by atoms with Gasteiger partial charge in [0.05, 0.1) is 0 Å². The van der Waals surface area contributed by atoms with Crippen molar-refractivity contribution in [2.45, 2.75) is 19.3 Å². The first-order valence-corrected chi connectivity index (χ1v) is 8.09. The second kappa shape index (κ2) is 7.18. The van der Waals surface area contributed by atoms with Crippen LogP contribution in [-0.4, -0.2) is 29.1 Å². The topological polar surface area (TPSA) is 52.6 Å². The molecule has 1 heterocycles. The van der Waals surface area contributed by atoms with Gasteiger partial charge >= 0.3 is 6.03 Å². The Morgan fingerprint density at radius 1 is 1.09 bits per heavy atom. The summed E-state index contributed by atoms with van der Waals surface area (Å²) in [5.41, 5.74) is 2.00. The van der Waals surface area contributed by atoms with Crippen LogP contribution in [0.15, 0.2) is 54.6 Å². The van der Waals surface area contributed by atoms with Gasteiger partial charge in [0, 0.05) is 24.8 Å². The highest BCUT2D eigenvalue weighted by Crippen LogP contribution is 2.22. The third-order valence-corrected chi connectivity index (χ3v) is 4.37. The Hall–Kier alpha value is -2.49. The van der Waals surface area contributed by atoms with Crippen molar-refractivity contribution < 1.29 is 9.90 Å². The molecule has 0 spiro atoms. The first kappa shape index (κ1) is 15.4. The highest BCUT2D eigenvalue weighted by Gasteiger charge is 2.23. The number of benzene rings is 2. The number of anilines is 1. The maximum Gasteiger partial charge on any atom is 0.321 e. The fraction of sp³-hybridized carbons (Fsp3) is 0.316. The molecule has 0 bridgehead atoms. The van der Waals surface area contributed by atoms with E-state index in [-0.39, 0.29) is 11.8 Å². The highest BCUT2D eigenvalue weighted by molar-refractivity contribution is 5.89. The van der Waals surface area contributed by atoms with Crippen molar-refractivity contribution >= 4 is 11.7 Å². The molecule has 1 saturated heterocycles. The minimum absolute atomic E-state index is 0.0891. The fourth-order valence-corrected chi connectivity index (χ4v) is 3.07. The molecule has 23 heavy (non-hydrogen) atoms. The largest absolute Gasteiger partial charge is 0.508 e. The monoisotopic (exact) mass is 310 g/mol. The molecule has 4 nitrogen and oxygen atoms in total. The lowest BCUT2D eigenvalue weighted by Crippen LogP contribution is -2.41. The third kappa shape index (κ3) is 4.25. The Morgan fingerprint density at radius 3 is 2.52 bits per heavy atom. The van der Waals surface area contributed by atoms with Gasteiger partial charge in [0.15, 0.2) is 0 Å². The molecule has 1 fully saturated rings. The van der Waals surface area contributed by atoms with Gasteiger partial charge in [-0.15, -0.1) is 0 Å². The lowest BCUT2D eigenvalue weighted by atomic mass is 9.90. The number of phenols is 1. The predicted molar refractivity (Wildman–Crippen MR) is 91.6 cm³/mol. The second-order valence-electron chi connectivity index (χ2n) is 6.10. The van der Waals surface area contributed by atoms with Gasteiger partial charge in [-0.1, -0.05) is 36.4 Å². The molecular weight excluding hydrogens is 288 g/mol. The van der Waals surface area contributed by atoms with Crippen molar-refractivity contribution in [2.24, 2.45) is 5.92 Å². The standard InChI is InChI=1S/C19H22N2O2/c22-18-8-4-7-17(14-18)20-19(23)21-11-9-16(10-12-21)13-15-5-2-1-3-6-15/h1-8,14,16,22H,9-13H2,(H,20,23). The molecule has 2 aromatic rings. The van der Waals surface area contributed by atoms with E-state index in [0.717, 1.165) is 32.4 Å². The zero-order chi connectivity index (χ0) is 16.1. The average molecular weight is 310 g/mol. The van der Waals surface area contributed by atoms with Crippen LogP contribution in [0.25, 0.3) is 0 Å². The molecule has 1 aliphatic rings. The molecule has 2 N–H and O–H groups in total. The summed E-state index contributed by atoms with van der Waals surface area (Å²) in [6.07, 6.45) is 3.15. The maximum absolute atomic E-state index is 12.3. The van der Waals surface area contributed by atoms with E-state index in [1.807, 2.05) is 11.0 Å². The summed E-state index contributed by atoms with van der Waals surface area (Å²) in [7, 11) is 0. The van der Waals surface area contributed by atoms with Gasteiger partial charge in [-0.25, -0.2) is 4.79 Å². The van der Waals surface area contributed by atoms with Crippen molar-refractivity contribution in [3.8, 4) is 5.75 Å². The van der Waals surface area contributed by atoms with Crippen molar-refractivity contribution in [1.29, 1.82) is 0 Å². The molecule has 0 saturated carbocycles. The summed E-state index contributed by atoms with van der Waals surface area (Å²) < 4.78 is 0. The number of urea groups is 1. The number of likely N-dealkylation sites (tertiary alicyclic amines) is 1. The molecule has 0 aliphatic carbocycles. The first-order valence-electron chi connectivity index (χ1n) is 8.09. The Morgan fingerprint density at radius 2 is 1.83 bits per heavy atom. The number of rotatable bonds is 3. The van der Waals surface area contributed by atoms with E-state index in [2.05, 4.69) is 29.6 Å². The molecule has 2 amide bonds. The molecule has 0 aromatic heterocycles. The van der Waals surface area contributed by atoms with Gasteiger partial charge in [-0.3, -0.25) is 0 Å². The first-order chi connectivity index (χ1) is 11.2. The molecule has 4 heteroatoms. The van der Waals surface area contributed by atoms with Crippen molar-refractivity contribution in [3.05, 3.63) is 60.2 Å². The summed E-state index contributed by atoms with van der Waals surface area (Å²) in [5.74, 6) is 0.798. The van der Waals surface area contributed by atoms with Crippen LogP contribution >= 0.6 is 0 Å². The van der Waals surface area contributed by atoms with E-state index in [1.54, 1.807) is 24.3 Å². The van der Waals surface area contributed by atoms with Crippen LogP contribution < -0.4 is 5.32 Å². The van der Waals surface area contributed by atoms with E-state index in [9.17, 15) is 9.90 Å². The van der Waals surface area contributed by atoms with Gasteiger partial charge < -0.3 is 15.3 Å². The molecule has 120 valence electrons. The molecule has 0 unspecified atom stereocenters.